The molecular formula is C18H13NO3. The van der Waals surface area contributed by atoms with Crippen molar-refractivity contribution >= 4 is 11.4 Å². The third-order valence-electron chi connectivity index (χ3n) is 3.11. The van der Waals surface area contributed by atoms with E-state index in [9.17, 15) is 9.90 Å². The molecule has 0 fully saturated rings. The molecule has 3 aromatic rings. The molecule has 0 bridgehead atoms. The average Bonchev–Trinajstić information content (AvgIpc) is 2.55. The maximum atomic E-state index is 11.2. The van der Waals surface area contributed by atoms with Crippen molar-refractivity contribution < 1.29 is 9.52 Å². The van der Waals surface area contributed by atoms with Crippen LogP contribution in [0.5, 0.6) is 5.95 Å². The van der Waals surface area contributed by atoms with Crippen LogP contribution in [0.25, 0.3) is 0 Å². The van der Waals surface area contributed by atoms with Crippen molar-refractivity contribution in [3.63, 3.8) is 0 Å². The molecule has 0 amide bonds. The molecule has 1 aromatic heterocycles. The first-order valence-corrected chi connectivity index (χ1v) is 6.77. The highest BCUT2D eigenvalue weighted by atomic mass is 16.5. The van der Waals surface area contributed by atoms with Gasteiger partial charge in [-0.25, -0.2) is 9.79 Å². The van der Waals surface area contributed by atoms with Crippen molar-refractivity contribution in [1.29, 1.82) is 0 Å². The number of hydrogen-bond donors (Lipinski definition) is 1. The second-order valence-corrected chi connectivity index (χ2v) is 4.64. The summed E-state index contributed by atoms with van der Waals surface area (Å²) >= 11 is 0. The molecule has 3 rings (SSSR count). The second kappa shape index (κ2) is 6.10. The monoisotopic (exact) mass is 291 g/mol. The Morgan fingerprint density at radius 3 is 2.14 bits per heavy atom. The molecule has 0 saturated carbocycles. The van der Waals surface area contributed by atoms with Crippen LogP contribution in [0.1, 0.15) is 11.1 Å². The normalized spacial score (nSPS) is 11.4. The molecule has 0 radical (unpaired) electrons. The number of aliphatic imine (C=N–C) groups is 1. The maximum absolute atomic E-state index is 11.2. The zero-order chi connectivity index (χ0) is 15.4. The molecule has 1 N–H and O–H groups in total. The molecule has 1 heterocycles. The Hall–Kier alpha value is -3.14. The minimum atomic E-state index is -0.603. The van der Waals surface area contributed by atoms with Crippen LogP contribution < -0.4 is 5.63 Å². The summed E-state index contributed by atoms with van der Waals surface area (Å²) in [5.74, 6) is -0.439. The van der Waals surface area contributed by atoms with Crippen molar-refractivity contribution in [2.45, 2.75) is 0 Å². The predicted molar refractivity (Wildman–Crippen MR) is 84.8 cm³/mol. The smallest absolute Gasteiger partial charge is 0.338 e. The molecule has 2 aromatic carbocycles. The lowest BCUT2D eigenvalue weighted by molar-refractivity contribution is 0.308. The van der Waals surface area contributed by atoms with Crippen LogP contribution in [0.2, 0.25) is 0 Å². The Bertz CT molecular complexity index is 852. The first-order chi connectivity index (χ1) is 10.7. The lowest BCUT2D eigenvalue weighted by atomic mass is 10.0. The molecule has 0 unspecified atom stereocenters. The summed E-state index contributed by atoms with van der Waals surface area (Å²) in [5.41, 5.74) is 1.86. The van der Waals surface area contributed by atoms with Gasteiger partial charge in [-0.2, -0.15) is 0 Å². The fraction of sp³-hybridized carbons (Fsp3) is 0. The van der Waals surface area contributed by atoms with Gasteiger partial charge in [-0.05, 0) is 18.2 Å². The van der Waals surface area contributed by atoms with Gasteiger partial charge in [0.05, 0.1) is 17.0 Å². The van der Waals surface area contributed by atoms with Crippen LogP contribution in [0, 0.1) is 0 Å². The summed E-state index contributed by atoms with van der Waals surface area (Å²) in [6.45, 7) is 0. The van der Waals surface area contributed by atoms with E-state index < -0.39 is 11.6 Å². The van der Waals surface area contributed by atoms with Gasteiger partial charge >= 0.3 is 5.63 Å². The summed E-state index contributed by atoms with van der Waals surface area (Å²) in [5, 5.41) is 9.95. The maximum Gasteiger partial charge on any atom is 0.338 e. The minimum absolute atomic E-state index is 0.370. The Balaban J connectivity index is 2.20. The van der Waals surface area contributed by atoms with E-state index in [4.69, 9.17) is 4.42 Å². The lowest BCUT2D eigenvalue weighted by Gasteiger charge is -2.08. The van der Waals surface area contributed by atoms with Gasteiger partial charge in [0.1, 0.15) is 0 Å². The summed E-state index contributed by atoms with van der Waals surface area (Å²) in [6, 6.07) is 21.6. The Morgan fingerprint density at radius 1 is 0.864 bits per heavy atom. The van der Waals surface area contributed by atoms with Crippen molar-refractivity contribution in [2.24, 2.45) is 4.99 Å². The van der Waals surface area contributed by atoms with Crippen molar-refractivity contribution in [3.05, 3.63) is 94.3 Å². The largest absolute Gasteiger partial charge is 0.480 e. The lowest BCUT2D eigenvalue weighted by Crippen LogP contribution is -2.06. The first kappa shape index (κ1) is 13.8. The molecule has 4 nitrogen and oxygen atoms in total. The molecule has 108 valence electrons. The molecule has 22 heavy (non-hydrogen) atoms. The summed E-state index contributed by atoms with van der Waals surface area (Å²) in [7, 11) is 0. The van der Waals surface area contributed by atoms with Crippen molar-refractivity contribution in [1.82, 2.24) is 0 Å². The average molecular weight is 291 g/mol. The van der Waals surface area contributed by atoms with Crippen molar-refractivity contribution in [3.8, 4) is 5.95 Å². The quantitative estimate of drug-likeness (QED) is 0.751. The molecule has 0 atom stereocenters. The highest BCUT2D eigenvalue weighted by molar-refractivity contribution is 6.14. The van der Waals surface area contributed by atoms with E-state index in [0.29, 0.717) is 11.3 Å². The van der Waals surface area contributed by atoms with Gasteiger partial charge in [0.2, 0.25) is 0 Å². The topological polar surface area (TPSA) is 62.8 Å². The standard InChI is InChI=1S/C18H13NO3/c20-16-12-11-15(18(21)22-16)17(13-7-3-1-4-8-13)19-14-9-5-2-6-10-14/h1-12,21H. The number of rotatable bonds is 3. The van der Waals surface area contributed by atoms with E-state index in [-0.39, 0.29) is 0 Å². The van der Waals surface area contributed by atoms with Gasteiger partial charge in [-0.1, -0.05) is 48.5 Å². The number of aromatic hydroxyl groups is 1. The van der Waals surface area contributed by atoms with E-state index in [2.05, 4.69) is 4.99 Å². The van der Waals surface area contributed by atoms with Gasteiger partial charge < -0.3 is 9.52 Å². The van der Waals surface area contributed by atoms with Gasteiger partial charge in [-0.3, -0.25) is 0 Å². The second-order valence-electron chi connectivity index (χ2n) is 4.64. The fourth-order valence-electron chi connectivity index (χ4n) is 2.10. The summed E-state index contributed by atoms with van der Waals surface area (Å²) in [6.07, 6.45) is 0. The van der Waals surface area contributed by atoms with Crippen LogP contribution in [0.4, 0.5) is 5.69 Å². The van der Waals surface area contributed by atoms with Crippen LogP contribution in [-0.4, -0.2) is 10.8 Å². The molecule has 4 heteroatoms. The van der Waals surface area contributed by atoms with E-state index in [1.165, 1.54) is 12.1 Å². The Kier molecular flexibility index (Phi) is 3.83. The zero-order valence-corrected chi connectivity index (χ0v) is 11.6. The zero-order valence-electron chi connectivity index (χ0n) is 11.6. The predicted octanol–water partition coefficient (Wildman–Crippen LogP) is 3.51. The van der Waals surface area contributed by atoms with Gasteiger partial charge in [0, 0.05) is 11.6 Å². The molecule has 0 aliphatic carbocycles. The minimum Gasteiger partial charge on any atom is -0.480 e. The molecule has 0 spiro atoms. The SMILES string of the molecule is O=c1ccc(C(=Nc2ccccc2)c2ccccc2)c(O)o1. The number of benzene rings is 2. The highest BCUT2D eigenvalue weighted by Gasteiger charge is 2.14. The Morgan fingerprint density at radius 2 is 1.50 bits per heavy atom. The number of para-hydroxylation sites is 1. The van der Waals surface area contributed by atoms with E-state index in [1.54, 1.807) is 0 Å². The van der Waals surface area contributed by atoms with Gasteiger partial charge in [0.25, 0.3) is 5.95 Å². The summed E-state index contributed by atoms with van der Waals surface area (Å²) in [4.78, 5) is 15.8. The van der Waals surface area contributed by atoms with E-state index in [1.807, 2.05) is 60.7 Å². The van der Waals surface area contributed by atoms with Crippen LogP contribution in [0.3, 0.4) is 0 Å². The van der Waals surface area contributed by atoms with E-state index >= 15 is 0 Å². The number of nitrogens with zero attached hydrogens (tertiary/aromatic N) is 1. The Labute approximate surface area is 127 Å². The molecule has 0 saturated heterocycles. The molecule has 0 aliphatic rings. The van der Waals surface area contributed by atoms with Gasteiger partial charge in [-0.15, -0.1) is 0 Å². The summed E-state index contributed by atoms with van der Waals surface area (Å²) < 4.78 is 4.77. The van der Waals surface area contributed by atoms with Crippen LogP contribution >= 0.6 is 0 Å². The van der Waals surface area contributed by atoms with Gasteiger partial charge in [0.15, 0.2) is 0 Å². The molecule has 0 aliphatic heterocycles. The van der Waals surface area contributed by atoms with E-state index in [0.717, 1.165) is 11.3 Å². The number of hydrogen-bond acceptors (Lipinski definition) is 4. The third kappa shape index (κ3) is 2.96. The highest BCUT2D eigenvalue weighted by Crippen LogP contribution is 2.22. The van der Waals surface area contributed by atoms with Crippen molar-refractivity contribution in [2.75, 3.05) is 0 Å². The van der Waals surface area contributed by atoms with Crippen LogP contribution in [-0.2, 0) is 0 Å². The first-order valence-electron chi connectivity index (χ1n) is 6.77. The van der Waals surface area contributed by atoms with Crippen LogP contribution in [0.15, 0.2) is 87.0 Å². The third-order valence-corrected chi connectivity index (χ3v) is 3.11. The fourth-order valence-corrected chi connectivity index (χ4v) is 2.10. The molecular weight excluding hydrogens is 278 g/mol.